The third kappa shape index (κ3) is 4.37. The molecule has 0 aliphatic carbocycles. The van der Waals surface area contributed by atoms with Gasteiger partial charge in [0.15, 0.2) is 0 Å². The molecule has 0 saturated carbocycles. The number of nitrogens with zero attached hydrogens (tertiary/aromatic N) is 3. The number of likely N-dealkylation sites (tertiary alicyclic amines) is 1. The average molecular weight is 374 g/mol. The van der Waals surface area contributed by atoms with Crippen LogP contribution in [0.1, 0.15) is 23.5 Å². The summed E-state index contributed by atoms with van der Waals surface area (Å²) in [5.41, 5.74) is 0. The number of hydrogen-bond donors (Lipinski definition) is 0. The number of hydrogen-bond acceptors (Lipinski definition) is 5. The van der Waals surface area contributed by atoms with Gasteiger partial charge in [-0.2, -0.15) is 0 Å². The third-order valence-corrected chi connectivity index (χ3v) is 6.32. The molecule has 140 valence electrons. The maximum absolute atomic E-state index is 13.0. The summed E-state index contributed by atoms with van der Waals surface area (Å²) in [6.45, 7) is 7.41. The van der Waals surface area contributed by atoms with Crippen molar-refractivity contribution in [1.29, 1.82) is 0 Å². The van der Waals surface area contributed by atoms with Crippen LogP contribution in [0.5, 0.6) is 0 Å². The second-order valence-electron chi connectivity index (χ2n) is 7.33. The largest absolute Gasteiger partial charge is 0.468 e. The standard InChI is InChI=1S/C20H27N3O2S/c24-20(17-4-1-7-22(14-17)15-18-5-2-12-25-18)23-10-8-21(9-11-23)16-19-6-3-13-26-19/h2-3,5-6,12-13,17H,1,4,7-11,14-16H2/t17-/m0/s1. The van der Waals surface area contributed by atoms with E-state index < -0.39 is 0 Å². The second kappa shape index (κ2) is 8.37. The molecule has 2 fully saturated rings. The predicted octanol–water partition coefficient (Wildman–Crippen LogP) is 2.90. The summed E-state index contributed by atoms with van der Waals surface area (Å²) in [6.07, 6.45) is 3.83. The fourth-order valence-electron chi connectivity index (χ4n) is 4.03. The lowest BCUT2D eigenvalue weighted by Gasteiger charge is -2.38. The van der Waals surface area contributed by atoms with Crippen molar-refractivity contribution in [2.45, 2.75) is 25.9 Å². The van der Waals surface area contributed by atoms with Crippen LogP contribution in [0.3, 0.4) is 0 Å². The molecule has 4 rings (SSSR count). The van der Waals surface area contributed by atoms with Gasteiger partial charge in [0.1, 0.15) is 5.76 Å². The lowest BCUT2D eigenvalue weighted by Crippen LogP contribution is -2.52. The topological polar surface area (TPSA) is 39.9 Å². The van der Waals surface area contributed by atoms with Gasteiger partial charge >= 0.3 is 0 Å². The Balaban J connectivity index is 1.26. The van der Waals surface area contributed by atoms with Crippen LogP contribution < -0.4 is 0 Å². The molecular weight excluding hydrogens is 346 g/mol. The first kappa shape index (κ1) is 17.8. The van der Waals surface area contributed by atoms with Crippen LogP contribution in [-0.2, 0) is 17.9 Å². The van der Waals surface area contributed by atoms with Crippen molar-refractivity contribution in [1.82, 2.24) is 14.7 Å². The Kier molecular flexibility index (Phi) is 5.72. The minimum absolute atomic E-state index is 0.141. The van der Waals surface area contributed by atoms with Crippen molar-refractivity contribution >= 4 is 17.2 Å². The van der Waals surface area contributed by atoms with Gasteiger partial charge in [-0.05, 0) is 43.0 Å². The molecule has 4 heterocycles. The van der Waals surface area contributed by atoms with E-state index >= 15 is 0 Å². The number of amides is 1. The highest BCUT2D eigenvalue weighted by Crippen LogP contribution is 2.22. The summed E-state index contributed by atoms with van der Waals surface area (Å²) in [5, 5.41) is 2.13. The van der Waals surface area contributed by atoms with Crippen molar-refractivity contribution in [3.63, 3.8) is 0 Å². The molecular formula is C20H27N3O2S. The molecule has 26 heavy (non-hydrogen) atoms. The normalized spacial score (nSPS) is 22.6. The first-order chi connectivity index (χ1) is 12.8. The Bertz CT molecular complexity index is 678. The molecule has 2 aliphatic heterocycles. The van der Waals surface area contributed by atoms with Crippen LogP contribution in [0.2, 0.25) is 0 Å². The Morgan fingerprint density at radius 3 is 2.69 bits per heavy atom. The molecule has 1 amide bonds. The maximum atomic E-state index is 13.0. The Labute approximate surface area is 159 Å². The quantitative estimate of drug-likeness (QED) is 0.808. The van der Waals surface area contributed by atoms with E-state index in [1.165, 1.54) is 4.88 Å². The van der Waals surface area contributed by atoms with Gasteiger partial charge < -0.3 is 9.32 Å². The van der Waals surface area contributed by atoms with E-state index in [1.807, 2.05) is 23.5 Å². The van der Waals surface area contributed by atoms with E-state index in [1.54, 1.807) is 6.26 Å². The fraction of sp³-hybridized carbons (Fsp3) is 0.550. The molecule has 1 atom stereocenters. The highest BCUT2D eigenvalue weighted by molar-refractivity contribution is 7.09. The highest BCUT2D eigenvalue weighted by atomic mass is 32.1. The number of furan rings is 1. The molecule has 0 bridgehead atoms. The van der Waals surface area contributed by atoms with Gasteiger partial charge in [0.05, 0.1) is 18.7 Å². The SMILES string of the molecule is O=C([C@H]1CCCN(Cc2ccco2)C1)N1CCN(Cc2cccs2)CC1. The Morgan fingerprint density at radius 1 is 1.08 bits per heavy atom. The first-order valence-corrected chi connectivity index (χ1v) is 10.4. The van der Waals surface area contributed by atoms with Crippen molar-refractivity contribution in [3.05, 3.63) is 46.5 Å². The minimum Gasteiger partial charge on any atom is -0.468 e. The number of piperidine rings is 1. The Morgan fingerprint density at radius 2 is 1.96 bits per heavy atom. The van der Waals surface area contributed by atoms with E-state index in [-0.39, 0.29) is 5.92 Å². The van der Waals surface area contributed by atoms with Gasteiger partial charge in [0.2, 0.25) is 5.91 Å². The zero-order chi connectivity index (χ0) is 17.8. The van der Waals surface area contributed by atoms with Crippen molar-refractivity contribution < 1.29 is 9.21 Å². The van der Waals surface area contributed by atoms with Gasteiger partial charge in [-0.3, -0.25) is 14.6 Å². The molecule has 2 aromatic heterocycles. The van der Waals surface area contributed by atoms with Crippen LogP contribution in [0.4, 0.5) is 0 Å². The van der Waals surface area contributed by atoms with Crippen molar-refractivity contribution in [2.75, 3.05) is 39.3 Å². The van der Waals surface area contributed by atoms with Gasteiger partial charge in [0, 0.05) is 44.1 Å². The van der Waals surface area contributed by atoms with Crippen molar-refractivity contribution in [2.24, 2.45) is 5.92 Å². The van der Waals surface area contributed by atoms with Crippen LogP contribution >= 0.6 is 11.3 Å². The maximum Gasteiger partial charge on any atom is 0.227 e. The monoisotopic (exact) mass is 373 g/mol. The summed E-state index contributed by atoms with van der Waals surface area (Å²) < 4.78 is 5.46. The summed E-state index contributed by atoms with van der Waals surface area (Å²) in [5.74, 6) is 1.48. The van der Waals surface area contributed by atoms with Crippen LogP contribution in [0, 0.1) is 5.92 Å². The lowest BCUT2D eigenvalue weighted by atomic mass is 9.96. The highest BCUT2D eigenvalue weighted by Gasteiger charge is 2.31. The molecule has 0 radical (unpaired) electrons. The summed E-state index contributed by atoms with van der Waals surface area (Å²) >= 11 is 1.81. The van der Waals surface area contributed by atoms with Gasteiger partial charge in [-0.25, -0.2) is 0 Å². The van der Waals surface area contributed by atoms with E-state index in [0.29, 0.717) is 5.91 Å². The van der Waals surface area contributed by atoms with Crippen LogP contribution in [0.15, 0.2) is 40.3 Å². The van der Waals surface area contributed by atoms with E-state index in [4.69, 9.17) is 4.42 Å². The second-order valence-corrected chi connectivity index (χ2v) is 8.37. The molecule has 2 aromatic rings. The molecule has 2 saturated heterocycles. The van der Waals surface area contributed by atoms with E-state index in [9.17, 15) is 4.79 Å². The zero-order valence-corrected chi connectivity index (χ0v) is 16.0. The number of thiophene rings is 1. The van der Waals surface area contributed by atoms with Crippen LogP contribution in [-0.4, -0.2) is 59.9 Å². The lowest BCUT2D eigenvalue weighted by molar-refractivity contribution is -0.139. The summed E-state index contributed by atoms with van der Waals surface area (Å²) in [6, 6.07) is 8.24. The average Bonchev–Trinajstić information content (AvgIpc) is 3.36. The molecule has 0 spiro atoms. The number of rotatable bonds is 5. The number of carbonyl (C=O) groups is 1. The van der Waals surface area contributed by atoms with Gasteiger partial charge in [-0.1, -0.05) is 6.07 Å². The van der Waals surface area contributed by atoms with E-state index in [0.717, 1.165) is 71.0 Å². The fourth-order valence-corrected chi connectivity index (χ4v) is 4.78. The van der Waals surface area contributed by atoms with Gasteiger partial charge in [-0.15, -0.1) is 11.3 Å². The van der Waals surface area contributed by atoms with Crippen molar-refractivity contribution in [3.8, 4) is 0 Å². The third-order valence-electron chi connectivity index (χ3n) is 5.46. The predicted molar refractivity (Wildman–Crippen MR) is 103 cm³/mol. The van der Waals surface area contributed by atoms with E-state index in [2.05, 4.69) is 32.2 Å². The molecule has 6 heteroatoms. The smallest absolute Gasteiger partial charge is 0.227 e. The molecule has 0 aromatic carbocycles. The minimum atomic E-state index is 0.141. The van der Waals surface area contributed by atoms with Crippen LogP contribution in [0.25, 0.3) is 0 Å². The number of carbonyl (C=O) groups excluding carboxylic acids is 1. The summed E-state index contributed by atoms with van der Waals surface area (Å²) in [7, 11) is 0. The number of piperazine rings is 1. The molecule has 5 nitrogen and oxygen atoms in total. The molecule has 2 aliphatic rings. The Hall–Kier alpha value is -1.63. The zero-order valence-electron chi connectivity index (χ0n) is 15.2. The molecule has 0 unspecified atom stereocenters. The summed E-state index contributed by atoms with van der Waals surface area (Å²) in [4.78, 5) is 21.3. The van der Waals surface area contributed by atoms with Gasteiger partial charge in [0.25, 0.3) is 0 Å². The molecule has 0 N–H and O–H groups in total. The first-order valence-electron chi connectivity index (χ1n) is 9.56.